The second kappa shape index (κ2) is 16.4. The average Bonchev–Trinajstić information content (AvgIpc) is 3.08. The van der Waals surface area contributed by atoms with Crippen molar-refractivity contribution in [2.75, 3.05) is 59.3 Å². The third-order valence-corrected chi connectivity index (χ3v) is 9.44. The monoisotopic (exact) mass is 652 g/mol. The number of piperazine rings is 1. The van der Waals surface area contributed by atoms with Gasteiger partial charge in [0.15, 0.2) is 0 Å². The molecule has 3 amide bonds. The molecule has 0 saturated carbocycles. The minimum atomic E-state index is -3.77. The van der Waals surface area contributed by atoms with Gasteiger partial charge in [0.05, 0.1) is 38.8 Å². The summed E-state index contributed by atoms with van der Waals surface area (Å²) in [7, 11) is -2.18. The van der Waals surface area contributed by atoms with E-state index in [2.05, 4.69) is 10.3 Å². The molecule has 2 heterocycles. The molecule has 13 heteroatoms. The lowest BCUT2D eigenvalue weighted by Gasteiger charge is -2.36. The van der Waals surface area contributed by atoms with Crippen LogP contribution in [0.25, 0.3) is 22.4 Å². The van der Waals surface area contributed by atoms with Crippen LogP contribution in [0.5, 0.6) is 5.75 Å². The van der Waals surface area contributed by atoms with E-state index in [-0.39, 0.29) is 57.9 Å². The molecule has 1 aromatic heterocycles. The fourth-order valence-electron chi connectivity index (χ4n) is 5.08. The second-order valence-electron chi connectivity index (χ2n) is 10.4. The summed E-state index contributed by atoms with van der Waals surface area (Å²) < 4.78 is 35.0. The molecule has 3 aromatic rings. The van der Waals surface area contributed by atoms with E-state index in [0.29, 0.717) is 11.4 Å². The van der Waals surface area contributed by atoms with Gasteiger partial charge in [0.25, 0.3) is 5.91 Å². The number of nitrogens with one attached hydrogen (secondary N) is 1. The Balaban J connectivity index is 1.66. The van der Waals surface area contributed by atoms with Crippen molar-refractivity contribution in [3.8, 4) is 28.1 Å². The topological polar surface area (TPSA) is 137 Å². The zero-order chi connectivity index (χ0) is 33.1. The van der Waals surface area contributed by atoms with Crippen molar-refractivity contribution in [2.24, 2.45) is 0 Å². The number of rotatable bonds is 13. The van der Waals surface area contributed by atoms with Gasteiger partial charge in [0, 0.05) is 31.7 Å². The van der Waals surface area contributed by atoms with Crippen LogP contribution in [0, 0.1) is 0 Å². The van der Waals surface area contributed by atoms with Gasteiger partial charge in [-0.05, 0) is 56.2 Å². The van der Waals surface area contributed by atoms with Crippen molar-refractivity contribution in [2.45, 2.75) is 26.8 Å². The molecule has 46 heavy (non-hydrogen) atoms. The summed E-state index contributed by atoms with van der Waals surface area (Å²) in [6.45, 7) is 6.44. The molecule has 1 N–H and O–H groups in total. The highest BCUT2D eigenvalue weighted by Crippen LogP contribution is 2.48. The van der Waals surface area contributed by atoms with E-state index in [1.807, 2.05) is 60.7 Å². The normalized spacial score (nSPS) is 14.0. The van der Waals surface area contributed by atoms with Crippen LogP contribution < -0.4 is 10.1 Å². The summed E-state index contributed by atoms with van der Waals surface area (Å²) in [6.07, 6.45) is -0.824. The van der Waals surface area contributed by atoms with Crippen molar-refractivity contribution in [3.05, 3.63) is 72.4 Å². The Morgan fingerprint density at radius 3 is 2.04 bits per heavy atom. The van der Waals surface area contributed by atoms with Crippen molar-refractivity contribution >= 4 is 25.5 Å². The number of hydrogen-bond donors (Lipinski definition) is 1. The van der Waals surface area contributed by atoms with Crippen LogP contribution >= 0.6 is 7.60 Å². The molecule has 1 fully saturated rings. The van der Waals surface area contributed by atoms with Crippen molar-refractivity contribution in [1.29, 1.82) is 0 Å². The molecule has 4 rings (SSSR count). The number of hydrogen-bond acceptors (Lipinski definition) is 9. The van der Waals surface area contributed by atoms with Crippen LogP contribution in [0.1, 0.15) is 31.3 Å². The highest BCUT2D eigenvalue weighted by molar-refractivity contribution is 7.54. The van der Waals surface area contributed by atoms with E-state index < -0.39 is 31.5 Å². The van der Waals surface area contributed by atoms with Gasteiger partial charge < -0.3 is 33.6 Å². The summed E-state index contributed by atoms with van der Waals surface area (Å²) in [6, 6.07) is 19.1. The molecule has 246 valence electrons. The molecular weight excluding hydrogens is 611 g/mol. The molecule has 1 unspecified atom stereocenters. The van der Waals surface area contributed by atoms with Gasteiger partial charge in [0.2, 0.25) is 5.91 Å². The number of amides is 3. The van der Waals surface area contributed by atoms with E-state index in [9.17, 15) is 18.9 Å². The quantitative estimate of drug-likeness (QED) is 0.251. The molecule has 0 bridgehead atoms. The van der Waals surface area contributed by atoms with E-state index in [4.69, 9.17) is 18.5 Å². The van der Waals surface area contributed by atoms with Crippen LogP contribution in [-0.4, -0.2) is 98.0 Å². The third kappa shape index (κ3) is 8.93. The molecule has 1 aliphatic heterocycles. The minimum Gasteiger partial charge on any atom is -0.497 e. The van der Waals surface area contributed by atoms with Gasteiger partial charge in [-0.2, -0.15) is 0 Å². The first-order valence-corrected chi connectivity index (χ1v) is 17.0. The highest BCUT2D eigenvalue weighted by atomic mass is 31.2. The number of pyridine rings is 1. The Morgan fingerprint density at radius 2 is 1.46 bits per heavy atom. The second-order valence-corrected chi connectivity index (χ2v) is 12.5. The number of methoxy groups -OCH3 is 1. The van der Waals surface area contributed by atoms with E-state index in [1.165, 1.54) is 9.80 Å². The van der Waals surface area contributed by atoms with E-state index in [1.54, 1.807) is 33.9 Å². The average molecular weight is 653 g/mol. The fourth-order valence-corrected chi connectivity index (χ4v) is 6.84. The van der Waals surface area contributed by atoms with Gasteiger partial charge in [-0.15, -0.1) is 0 Å². The number of aromatic nitrogens is 1. The molecule has 12 nitrogen and oxygen atoms in total. The zero-order valence-corrected chi connectivity index (χ0v) is 27.5. The molecule has 1 atom stereocenters. The van der Waals surface area contributed by atoms with Gasteiger partial charge in [-0.1, -0.05) is 42.5 Å². The Morgan fingerprint density at radius 1 is 0.826 bits per heavy atom. The predicted molar refractivity (Wildman–Crippen MR) is 174 cm³/mol. The summed E-state index contributed by atoms with van der Waals surface area (Å²) in [5.74, 6) is -0.404. The predicted octanol–water partition coefficient (Wildman–Crippen LogP) is 5.09. The largest absolute Gasteiger partial charge is 0.497 e. The summed E-state index contributed by atoms with van der Waals surface area (Å²) in [5.41, 5.74) is 3.00. The standard InChI is InChI=1S/C33H41N4O8P/c1-5-43-33(40)37-19-17-36(18-20-37)32(39)30(23-46(41,44-6-2)45-7-3)35-31(38)29-22-26(24-13-15-27(42-4)16-14-24)21-28(34-29)25-11-9-8-10-12-25/h8-16,21-22,30H,5-7,17-20,23H2,1-4H3,(H,35,38). The lowest BCUT2D eigenvalue weighted by atomic mass is 10.0. The Kier molecular flexibility index (Phi) is 12.3. The van der Waals surface area contributed by atoms with Crippen LogP contribution in [0.3, 0.4) is 0 Å². The van der Waals surface area contributed by atoms with Crippen LogP contribution in [-0.2, 0) is 23.1 Å². The Bertz CT molecular complexity index is 1520. The summed E-state index contributed by atoms with van der Waals surface area (Å²) in [5, 5.41) is 2.78. The van der Waals surface area contributed by atoms with Crippen LogP contribution in [0.4, 0.5) is 4.79 Å². The molecule has 1 saturated heterocycles. The highest BCUT2D eigenvalue weighted by Gasteiger charge is 2.37. The summed E-state index contributed by atoms with van der Waals surface area (Å²) >= 11 is 0. The zero-order valence-electron chi connectivity index (χ0n) is 26.6. The minimum absolute atomic E-state index is 0.0692. The maximum atomic E-state index is 13.9. The third-order valence-electron chi connectivity index (χ3n) is 7.33. The number of carbonyl (C=O) groups excluding carboxylic acids is 3. The first-order valence-electron chi connectivity index (χ1n) is 15.3. The van der Waals surface area contributed by atoms with Crippen molar-refractivity contribution in [1.82, 2.24) is 20.1 Å². The van der Waals surface area contributed by atoms with Crippen molar-refractivity contribution < 1.29 is 37.5 Å². The number of carbonyl (C=O) groups is 3. The van der Waals surface area contributed by atoms with Gasteiger partial charge >= 0.3 is 13.7 Å². The van der Waals surface area contributed by atoms with E-state index in [0.717, 1.165) is 16.7 Å². The molecule has 2 aromatic carbocycles. The fraction of sp³-hybridized carbons (Fsp3) is 0.394. The van der Waals surface area contributed by atoms with Gasteiger partial charge in [0.1, 0.15) is 17.5 Å². The molecule has 1 aliphatic rings. The number of ether oxygens (including phenoxy) is 2. The SMILES string of the molecule is CCOC(=O)N1CCN(C(=O)C(CP(=O)(OCC)OCC)NC(=O)c2cc(-c3ccc(OC)cc3)cc(-c3ccccc3)n2)CC1. The van der Waals surface area contributed by atoms with Gasteiger partial charge in [-0.25, -0.2) is 9.78 Å². The number of nitrogens with zero attached hydrogens (tertiary/aromatic N) is 3. The molecular formula is C33H41N4O8P. The van der Waals surface area contributed by atoms with Gasteiger partial charge in [-0.3, -0.25) is 14.2 Å². The van der Waals surface area contributed by atoms with E-state index >= 15 is 0 Å². The maximum absolute atomic E-state index is 13.9. The smallest absolute Gasteiger partial charge is 0.409 e. The Labute approximate surface area is 269 Å². The first kappa shape index (κ1) is 34.6. The first-order chi connectivity index (χ1) is 22.2. The molecule has 0 aliphatic carbocycles. The number of benzene rings is 2. The molecule has 0 spiro atoms. The molecule has 0 radical (unpaired) electrons. The maximum Gasteiger partial charge on any atom is 0.409 e. The van der Waals surface area contributed by atoms with Crippen LogP contribution in [0.2, 0.25) is 0 Å². The van der Waals surface area contributed by atoms with Crippen molar-refractivity contribution in [3.63, 3.8) is 0 Å². The summed E-state index contributed by atoms with van der Waals surface area (Å²) in [4.78, 5) is 47.7. The lowest BCUT2D eigenvalue weighted by Crippen LogP contribution is -2.57. The Hall–Kier alpha value is -4.25. The lowest BCUT2D eigenvalue weighted by molar-refractivity contribution is -0.134. The van der Waals surface area contributed by atoms with Crippen LogP contribution in [0.15, 0.2) is 66.7 Å².